The van der Waals surface area contributed by atoms with Crippen LogP contribution < -0.4 is 5.56 Å². The number of rotatable bonds is 5. The second kappa shape index (κ2) is 7.70. The van der Waals surface area contributed by atoms with Crippen LogP contribution >= 0.6 is 11.8 Å². The zero-order valence-electron chi connectivity index (χ0n) is 14.5. The van der Waals surface area contributed by atoms with E-state index in [-0.39, 0.29) is 23.0 Å². The number of carbonyl (C=O) groups is 1. The predicted octanol–water partition coefficient (Wildman–Crippen LogP) is 2.82. The highest BCUT2D eigenvalue weighted by molar-refractivity contribution is 7.99. The van der Waals surface area contributed by atoms with Crippen LogP contribution in [-0.4, -0.2) is 33.2 Å². The first-order chi connectivity index (χ1) is 12.5. The zero-order chi connectivity index (χ0) is 18.7. The van der Waals surface area contributed by atoms with Gasteiger partial charge in [-0.15, -0.1) is 0 Å². The van der Waals surface area contributed by atoms with Crippen LogP contribution in [0.2, 0.25) is 0 Å². The second-order valence-electron chi connectivity index (χ2n) is 5.94. The van der Waals surface area contributed by atoms with Crippen molar-refractivity contribution >= 4 is 28.6 Å². The fourth-order valence-corrected chi connectivity index (χ4v) is 3.43. The summed E-state index contributed by atoms with van der Waals surface area (Å²) in [4.78, 5) is 30.8. The molecular formula is C19H18FN3O2S. The van der Waals surface area contributed by atoms with Gasteiger partial charge in [-0.25, -0.2) is 9.37 Å². The first-order valence-corrected chi connectivity index (χ1v) is 9.01. The van der Waals surface area contributed by atoms with Gasteiger partial charge in [-0.1, -0.05) is 36.0 Å². The Morgan fingerprint density at radius 3 is 2.62 bits per heavy atom. The highest BCUT2D eigenvalue weighted by Gasteiger charge is 2.13. The lowest BCUT2D eigenvalue weighted by Gasteiger charge is -2.17. The molecule has 5 nitrogen and oxygen atoms in total. The van der Waals surface area contributed by atoms with E-state index in [1.54, 1.807) is 49.3 Å². The summed E-state index contributed by atoms with van der Waals surface area (Å²) in [5.74, 6) is -0.237. The number of hydrogen-bond donors (Lipinski definition) is 0. The minimum absolute atomic E-state index is 0.0956. The number of carbonyl (C=O) groups excluding carboxylic acids is 1. The third-order valence-electron chi connectivity index (χ3n) is 4.03. The van der Waals surface area contributed by atoms with E-state index in [4.69, 9.17) is 0 Å². The van der Waals surface area contributed by atoms with Gasteiger partial charge in [0.05, 0.1) is 16.7 Å². The summed E-state index contributed by atoms with van der Waals surface area (Å²) >= 11 is 1.23. The van der Waals surface area contributed by atoms with Crippen molar-refractivity contribution in [3.8, 4) is 0 Å². The standard InChI is InChI=1S/C19H18FN3O2S/c1-22(11-13-7-9-14(20)10-8-13)17(24)12-26-19-21-16-6-4-3-5-15(16)18(25)23(19)2/h3-10H,11-12H2,1-2H3. The number of halogens is 1. The molecule has 26 heavy (non-hydrogen) atoms. The number of fused-ring (bicyclic) bond motifs is 1. The van der Waals surface area contributed by atoms with Crippen molar-refractivity contribution in [3.05, 3.63) is 70.3 Å². The van der Waals surface area contributed by atoms with Crippen molar-refractivity contribution in [2.24, 2.45) is 7.05 Å². The lowest BCUT2D eigenvalue weighted by Crippen LogP contribution is -2.28. The van der Waals surface area contributed by atoms with E-state index in [0.717, 1.165) is 5.56 Å². The molecule has 0 saturated heterocycles. The van der Waals surface area contributed by atoms with Gasteiger partial charge in [-0.2, -0.15) is 0 Å². The molecule has 0 aliphatic rings. The molecule has 2 aromatic carbocycles. The molecule has 0 radical (unpaired) electrons. The average molecular weight is 371 g/mol. The lowest BCUT2D eigenvalue weighted by molar-refractivity contribution is -0.127. The SMILES string of the molecule is CN(Cc1ccc(F)cc1)C(=O)CSc1nc2ccccc2c(=O)n1C. The first-order valence-electron chi connectivity index (χ1n) is 8.02. The zero-order valence-corrected chi connectivity index (χ0v) is 15.3. The van der Waals surface area contributed by atoms with Crippen LogP contribution in [0.25, 0.3) is 10.9 Å². The second-order valence-corrected chi connectivity index (χ2v) is 6.88. The highest BCUT2D eigenvalue weighted by Crippen LogP contribution is 2.17. The molecule has 0 spiro atoms. The lowest BCUT2D eigenvalue weighted by atomic mass is 10.2. The molecule has 0 N–H and O–H groups in total. The molecule has 0 unspecified atom stereocenters. The van der Waals surface area contributed by atoms with Crippen molar-refractivity contribution < 1.29 is 9.18 Å². The third kappa shape index (κ3) is 3.94. The van der Waals surface area contributed by atoms with Gasteiger partial charge >= 0.3 is 0 Å². The predicted molar refractivity (Wildman–Crippen MR) is 101 cm³/mol. The van der Waals surface area contributed by atoms with E-state index in [2.05, 4.69) is 4.98 Å². The Bertz CT molecular complexity index is 1000. The molecule has 3 rings (SSSR count). The van der Waals surface area contributed by atoms with E-state index in [9.17, 15) is 14.0 Å². The number of aromatic nitrogens is 2. The molecule has 1 heterocycles. The molecular weight excluding hydrogens is 353 g/mol. The maximum Gasteiger partial charge on any atom is 0.261 e. The van der Waals surface area contributed by atoms with Crippen LogP contribution in [0.1, 0.15) is 5.56 Å². The van der Waals surface area contributed by atoms with Gasteiger partial charge in [0.1, 0.15) is 5.82 Å². The molecule has 0 fully saturated rings. The fourth-order valence-electron chi connectivity index (χ4n) is 2.52. The third-order valence-corrected chi connectivity index (χ3v) is 5.04. The Labute approximate surface area is 154 Å². The molecule has 0 bridgehead atoms. The maximum atomic E-state index is 13.0. The largest absolute Gasteiger partial charge is 0.341 e. The minimum Gasteiger partial charge on any atom is -0.341 e. The normalized spacial score (nSPS) is 10.9. The molecule has 0 aliphatic heterocycles. The van der Waals surface area contributed by atoms with Crippen LogP contribution in [0.15, 0.2) is 58.5 Å². The van der Waals surface area contributed by atoms with Crippen LogP contribution in [0.4, 0.5) is 4.39 Å². The monoisotopic (exact) mass is 371 g/mol. The van der Waals surface area contributed by atoms with Crippen molar-refractivity contribution in [2.45, 2.75) is 11.7 Å². The number of benzene rings is 2. The summed E-state index contributed by atoms with van der Waals surface area (Å²) in [7, 11) is 3.34. The van der Waals surface area contributed by atoms with E-state index in [1.165, 1.54) is 28.5 Å². The van der Waals surface area contributed by atoms with Gasteiger partial charge in [0.25, 0.3) is 5.56 Å². The molecule has 0 atom stereocenters. The minimum atomic E-state index is -0.304. The Hall–Kier alpha value is -2.67. The van der Waals surface area contributed by atoms with Crippen LogP contribution in [0.3, 0.4) is 0 Å². The van der Waals surface area contributed by atoms with Gasteiger partial charge in [0.15, 0.2) is 5.16 Å². The first kappa shape index (κ1) is 18.1. The van der Waals surface area contributed by atoms with E-state index in [0.29, 0.717) is 22.6 Å². The van der Waals surface area contributed by atoms with E-state index < -0.39 is 0 Å². The van der Waals surface area contributed by atoms with Crippen molar-refractivity contribution in [2.75, 3.05) is 12.8 Å². The smallest absolute Gasteiger partial charge is 0.261 e. The Kier molecular flexibility index (Phi) is 5.37. The number of amides is 1. The highest BCUT2D eigenvalue weighted by atomic mass is 32.2. The maximum absolute atomic E-state index is 13.0. The summed E-state index contributed by atoms with van der Waals surface area (Å²) < 4.78 is 14.4. The van der Waals surface area contributed by atoms with E-state index in [1.807, 2.05) is 6.07 Å². The van der Waals surface area contributed by atoms with Crippen molar-refractivity contribution in [1.82, 2.24) is 14.5 Å². The van der Waals surface area contributed by atoms with Crippen molar-refractivity contribution in [1.29, 1.82) is 0 Å². The number of hydrogen-bond acceptors (Lipinski definition) is 4. The molecule has 0 saturated carbocycles. The number of thioether (sulfide) groups is 1. The number of para-hydroxylation sites is 1. The molecule has 1 amide bonds. The number of nitrogens with zero attached hydrogens (tertiary/aromatic N) is 3. The molecule has 7 heteroatoms. The van der Waals surface area contributed by atoms with Gasteiger partial charge in [-0.05, 0) is 29.8 Å². The fraction of sp³-hybridized carbons (Fsp3) is 0.211. The summed E-state index contributed by atoms with van der Waals surface area (Å²) in [6, 6.07) is 13.2. The van der Waals surface area contributed by atoms with Gasteiger partial charge in [0, 0.05) is 20.6 Å². The Morgan fingerprint density at radius 1 is 1.19 bits per heavy atom. The Balaban J connectivity index is 1.69. The molecule has 1 aromatic heterocycles. The molecule has 134 valence electrons. The average Bonchev–Trinajstić information content (AvgIpc) is 2.65. The van der Waals surface area contributed by atoms with Crippen LogP contribution in [0, 0.1) is 5.82 Å². The van der Waals surface area contributed by atoms with Gasteiger partial charge < -0.3 is 4.90 Å². The molecule has 3 aromatic rings. The summed E-state index contributed by atoms with van der Waals surface area (Å²) in [6.45, 7) is 0.393. The quantitative estimate of drug-likeness (QED) is 0.511. The van der Waals surface area contributed by atoms with E-state index >= 15 is 0 Å². The molecule has 0 aliphatic carbocycles. The van der Waals surface area contributed by atoms with Crippen LogP contribution in [-0.2, 0) is 18.4 Å². The summed E-state index contributed by atoms with van der Waals surface area (Å²) in [6.07, 6.45) is 0. The van der Waals surface area contributed by atoms with Crippen LogP contribution in [0.5, 0.6) is 0 Å². The summed E-state index contributed by atoms with van der Waals surface area (Å²) in [5.41, 5.74) is 1.33. The summed E-state index contributed by atoms with van der Waals surface area (Å²) in [5, 5.41) is 1.05. The van der Waals surface area contributed by atoms with Gasteiger partial charge in [0.2, 0.25) is 5.91 Å². The topological polar surface area (TPSA) is 55.2 Å². The van der Waals surface area contributed by atoms with Crippen molar-refractivity contribution in [3.63, 3.8) is 0 Å². The van der Waals surface area contributed by atoms with Gasteiger partial charge in [-0.3, -0.25) is 14.2 Å². The Morgan fingerprint density at radius 2 is 1.88 bits per heavy atom.